The van der Waals surface area contributed by atoms with E-state index >= 15 is 0 Å². The molecule has 0 aliphatic heterocycles. The zero-order valence-electron chi connectivity index (χ0n) is 14.9. The molecule has 0 saturated carbocycles. The molecule has 0 radical (unpaired) electrons. The molecule has 0 atom stereocenters. The summed E-state index contributed by atoms with van der Waals surface area (Å²) >= 11 is 11.2. The number of rotatable bonds is 6. The molecule has 0 amide bonds. The van der Waals surface area contributed by atoms with Crippen molar-refractivity contribution in [3.8, 4) is 28.6 Å². The number of H-pyrrole nitrogens is 1. The molecule has 0 fully saturated rings. The molecular formula is C18H17ClN4O3S. The van der Waals surface area contributed by atoms with E-state index in [2.05, 4.69) is 15.3 Å². The molecule has 140 valence electrons. The molecule has 1 heterocycles. The first kappa shape index (κ1) is 18.9. The van der Waals surface area contributed by atoms with Crippen LogP contribution >= 0.6 is 23.8 Å². The van der Waals surface area contributed by atoms with Gasteiger partial charge in [0.05, 0.1) is 27.5 Å². The Bertz CT molecular complexity index is 1000. The lowest BCUT2D eigenvalue weighted by atomic mass is 10.2. The quantitative estimate of drug-likeness (QED) is 0.493. The van der Waals surface area contributed by atoms with Crippen molar-refractivity contribution < 1.29 is 14.2 Å². The van der Waals surface area contributed by atoms with E-state index in [9.17, 15) is 0 Å². The van der Waals surface area contributed by atoms with Crippen LogP contribution in [0.1, 0.15) is 5.56 Å². The Kier molecular flexibility index (Phi) is 5.78. The van der Waals surface area contributed by atoms with Crippen molar-refractivity contribution in [3.63, 3.8) is 0 Å². The van der Waals surface area contributed by atoms with Gasteiger partial charge in [-0.1, -0.05) is 11.6 Å². The first-order chi connectivity index (χ1) is 13.1. The molecule has 1 N–H and O–H groups in total. The number of halogens is 1. The Labute approximate surface area is 166 Å². The Morgan fingerprint density at radius 1 is 1.07 bits per heavy atom. The van der Waals surface area contributed by atoms with Crippen LogP contribution in [0.25, 0.3) is 11.4 Å². The molecule has 0 aliphatic carbocycles. The molecule has 0 unspecified atom stereocenters. The number of methoxy groups -OCH3 is 3. The summed E-state index contributed by atoms with van der Waals surface area (Å²) in [4.78, 5) is 0. The minimum atomic E-state index is 0.364. The fourth-order valence-corrected chi connectivity index (χ4v) is 2.79. The van der Waals surface area contributed by atoms with Gasteiger partial charge in [-0.3, -0.25) is 0 Å². The van der Waals surface area contributed by atoms with E-state index in [1.54, 1.807) is 51.8 Å². The lowest BCUT2D eigenvalue weighted by Gasteiger charge is -2.12. The molecule has 0 saturated heterocycles. The van der Waals surface area contributed by atoms with Crippen molar-refractivity contribution in [2.24, 2.45) is 5.10 Å². The van der Waals surface area contributed by atoms with Crippen molar-refractivity contribution in [2.45, 2.75) is 0 Å². The van der Waals surface area contributed by atoms with Crippen LogP contribution in [0.5, 0.6) is 17.2 Å². The summed E-state index contributed by atoms with van der Waals surface area (Å²) in [7, 11) is 4.67. The maximum atomic E-state index is 5.95. The fraction of sp³-hybridized carbons (Fsp3) is 0.167. The van der Waals surface area contributed by atoms with Gasteiger partial charge in [-0.15, -0.1) is 0 Å². The van der Waals surface area contributed by atoms with Crippen LogP contribution in [0, 0.1) is 4.77 Å². The summed E-state index contributed by atoms with van der Waals surface area (Å²) in [6.07, 6.45) is 1.63. The number of aromatic nitrogens is 3. The third-order valence-electron chi connectivity index (χ3n) is 3.76. The van der Waals surface area contributed by atoms with Crippen LogP contribution < -0.4 is 14.2 Å². The van der Waals surface area contributed by atoms with Crippen molar-refractivity contribution in [1.29, 1.82) is 0 Å². The smallest absolute Gasteiger partial charge is 0.216 e. The average Bonchev–Trinajstić information content (AvgIpc) is 3.06. The maximum absolute atomic E-state index is 5.95. The van der Waals surface area contributed by atoms with Crippen molar-refractivity contribution in [1.82, 2.24) is 14.9 Å². The second-order valence-electron chi connectivity index (χ2n) is 5.37. The van der Waals surface area contributed by atoms with Gasteiger partial charge >= 0.3 is 0 Å². The first-order valence-corrected chi connectivity index (χ1v) is 8.63. The monoisotopic (exact) mass is 404 g/mol. The Hall–Kier alpha value is -2.84. The lowest BCUT2D eigenvalue weighted by Crippen LogP contribution is -1.98. The van der Waals surface area contributed by atoms with Crippen molar-refractivity contribution in [2.75, 3.05) is 21.3 Å². The number of aromatic amines is 1. The SMILES string of the molecule is COc1cc(C=Nn2c(-c3ccc(Cl)cc3)n[nH]c2=S)cc(OC)c1OC. The van der Waals surface area contributed by atoms with Gasteiger partial charge in [0.15, 0.2) is 17.3 Å². The van der Waals surface area contributed by atoms with Gasteiger partial charge in [-0.05, 0) is 48.6 Å². The molecule has 0 spiro atoms. The molecule has 0 aliphatic rings. The largest absolute Gasteiger partial charge is 0.493 e. The van der Waals surface area contributed by atoms with E-state index < -0.39 is 0 Å². The number of benzene rings is 2. The number of hydrogen-bond donors (Lipinski definition) is 1. The van der Waals surface area contributed by atoms with Crippen LogP contribution in [-0.4, -0.2) is 42.4 Å². The third-order valence-corrected chi connectivity index (χ3v) is 4.28. The molecule has 2 aromatic carbocycles. The molecular weight excluding hydrogens is 388 g/mol. The van der Waals surface area contributed by atoms with E-state index in [0.29, 0.717) is 32.9 Å². The van der Waals surface area contributed by atoms with Gasteiger partial charge in [0, 0.05) is 16.1 Å². The highest BCUT2D eigenvalue weighted by Crippen LogP contribution is 2.37. The summed E-state index contributed by atoms with van der Waals surface area (Å²) < 4.78 is 17.9. The molecule has 7 nitrogen and oxygen atoms in total. The predicted octanol–water partition coefficient (Wildman–Crippen LogP) is 4.17. The molecule has 0 bridgehead atoms. The fourth-order valence-electron chi connectivity index (χ4n) is 2.48. The predicted molar refractivity (Wildman–Crippen MR) is 107 cm³/mol. The van der Waals surface area contributed by atoms with E-state index in [0.717, 1.165) is 11.1 Å². The van der Waals surface area contributed by atoms with E-state index in [1.165, 1.54) is 4.68 Å². The Morgan fingerprint density at radius 3 is 2.26 bits per heavy atom. The van der Waals surface area contributed by atoms with Gasteiger partial charge in [0.25, 0.3) is 0 Å². The molecule has 3 aromatic rings. The van der Waals surface area contributed by atoms with E-state index in [-0.39, 0.29) is 0 Å². The van der Waals surface area contributed by atoms with Gasteiger partial charge in [-0.25, -0.2) is 5.10 Å². The zero-order valence-corrected chi connectivity index (χ0v) is 16.5. The van der Waals surface area contributed by atoms with Crippen LogP contribution in [0.3, 0.4) is 0 Å². The zero-order chi connectivity index (χ0) is 19.4. The molecule has 3 rings (SSSR count). The highest BCUT2D eigenvalue weighted by atomic mass is 35.5. The second-order valence-corrected chi connectivity index (χ2v) is 6.20. The summed E-state index contributed by atoms with van der Waals surface area (Å²) in [5.41, 5.74) is 1.57. The van der Waals surface area contributed by atoms with Crippen molar-refractivity contribution in [3.05, 3.63) is 51.8 Å². The number of ether oxygens (including phenoxy) is 3. The van der Waals surface area contributed by atoms with Gasteiger partial charge in [0.2, 0.25) is 10.5 Å². The second kappa shape index (κ2) is 8.24. The maximum Gasteiger partial charge on any atom is 0.216 e. The summed E-state index contributed by atoms with van der Waals surface area (Å²) in [5.74, 6) is 2.15. The van der Waals surface area contributed by atoms with E-state index in [1.807, 2.05) is 12.1 Å². The highest BCUT2D eigenvalue weighted by Gasteiger charge is 2.13. The minimum absolute atomic E-state index is 0.364. The van der Waals surface area contributed by atoms with Crippen LogP contribution in [-0.2, 0) is 0 Å². The molecule has 9 heteroatoms. The summed E-state index contributed by atoms with van der Waals surface area (Å²) in [6.45, 7) is 0. The van der Waals surface area contributed by atoms with Gasteiger partial charge in [-0.2, -0.15) is 14.9 Å². The standard InChI is InChI=1S/C18H17ClN4O3S/c1-24-14-8-11(9-15(25-2)16(14)26-3)10-20-23-17(21-22-18(23)27)12-4-6-13(19)7-5-12/h4-10H,1-3H3,(H,22,27). The number of hydrogen-bond acceptors (Lipinski definition) is 6. The molecule has 27 heavy (non-hydrogen) atoms. The minimum Gasteiger partial charge on any atom is -0.493 e. The van der Waals surface area contributed by atoms with Gasteiger partial charge in [0.1, 0.15) is 0 Å². The average molecular weight is 405 g/mol. The number of nitrogens with zero attached hydrogens (tertiary/aromatic N) is 3. The van der Waals surface area contributed by atoms with Crippen LogP contribution in [0.4, 0.5) is 0 Å². The topological polar surface area (TPSA) is 73.7 Å². The highest BCUT2D eigenvalue weighted by molar-refractivity contribution is 7.71. The van der Waals surface area contributed by atoms with Gasteiger partial charge < -0.3 is 14.2 Å². The molecule has 1 aromatic heterocycles. The Balaban J connectivity index is 2.01. The summed E-state index contributed by atoms with van der Waals surface area (Å²) in [5, 5.41) is 12.1. The lowest BCUT2D eigenvalue weighted by molar-refractivity contribution is 0.324. The van der Waals surface area contributed by atoms with E-state index in [4.69, 9.17) is 38.0 Å². The van der Waals surface area contributed by atoms with Crippen LogP contribution in [0.15, 0.2) is 41.5 Å². The van der Waals surface area contributed by atoms with Crippen molar-refractivity contribution >= 4 is 30.0 Å². The normalized spacial score (nSPS) is 11.0. The van der Waals surface area contributed by atoms with Crippen LogP contribution in [0.2, 0.25) is 5.02 Å². The third kappa shape index (κ3) is 3.96. The Morgan fingerprint density at radius 2 is 1.70 bits per heavy atom. The summed E-state index contributed by atoms with van der Waals surface area (Å²) in [6, 6.07) is 10.8. The number of nitrogens with one attached hydrogen (secondary N) is 1. The first-order valence-electron chi connectivity index (χ1n) is 7.85.